The molecule has 2 amide bonds. The Morgan fingerprint density at radius 3 is 2.19 bits per heavy atom. The zero-order chi connectivity index (χ0) is 15.4. The second-order valence-corrected chi connectivity index (χ2v) is 5.17. The SMILES string of the molecule is O=C(NNC(=O)c1csc([N+](=O)[O-])c1)c1ccc(Cl)cc1. The molecule has 0 atom stereocenters. The van der Waals surface area contributed by atoms with Gasteiger partial charge in [-0.15, -0.1) is 0 Å². The highest BCUT2D eigenvalue weighted by molar-refractivity contribution is 7.13. The molecule has 7 nitrogen and oxygen atoms in total. The number of nitrogens with one attached hydrogen (secondary N) is 2. The second-order valence-electron chi connectivity index (χ2n) is 3.85. The van der Waals surface area contributed by atoms with E-state index >= 15 is 0 Å². The van der Waals surface area contributed by atoms with E-state index in [1.165, 1.54) is 17.5 Å². The number of hydrogen-bond donors (Lipinski definition) is 2. The first-order chi connectivity index (χ1) is 9.97. The van der Waals surface area contributed by atoms with Crippen LogP contribution in [0.1, 0.15) is 20.7 Å². The van der Waals surface area contributed by atoms with Crippen molar-refractivity contribution in [3.05, 3.63) is 62.0 Å². The van der Waals surface area contributed by atoms with E-state index in [2.05, 4.69) is 10.9 Å². The fourth-order valence-corrected chi connectivity index (χ4v) is 2.23. The van der Waals surface area contributed by atoms with Crippen molar-refractivity contribution < 1.29 is 14.5 Å². The Balaban J connectivity index is 1.95. The molecule has 0 radical (unpaired) electrons. The van der Waals surface area contributed by atoms with Gasteiger partial charge in [0, 0.05) is 22.0 Å². The van der Waals surface area contributed by atoms with E-state index in [1.807, 2.05) is 0 Å². The first-order valence-electron chi connectivity index (χ1n) is 5.56. The van der Waals surface area contributed by atoms with Gasteiger partial charge in [0.05, 0.1) is 10.5 Å². The molecule has 0 bridgehead atoms. The van der Waals surface area contributed by atoms with Crippen LogP contribution >= 0.6 is 22.9 Å². The number of thiophene rings is 1. The van der Waals surface area contributed by atoms with Crippen molar-refractivity contribution in [2.24, 2.45) is 0 Å². The number of carbonyl (C=O) groups excluding carboxylic acids is 2. The molecule has 9 heteroatoms. The summed E-state index contributed by atoms with van der Waals surface area (Å²) in [6.45, 7) is 0. The van der Waals surface area contributed by atoms with Gasteiger partial charge < -0.3 is 0 Å². The normalized spacial score (nSPS) is 9.95. The van der Waals surface area contributed by atoms with Crippen LogP contribution in [0.2, 0.25) is 5.02 Å². The average molecular weight is 326 g/mol. The third kappa shape index (κ3) is 3.77. The molecular formula is C12H8ClN3O4S. The predicted octanol–water partition coefficient (Wildman–Crippen LogP) is 2.38. The number of carbonyl (C=O) groups is 2. The Morgan fingerprint density at radius 1 is 1.10 bits per heavy atom. The Hall–Kier alpha value is -2.45. The van der Waals surface area contributed by atoms with E-state index in [9.17, 15) is 19.7 Å². The molecule has 0 aliphatic heterocycles. The molecular weight excluding hydrogens is 318 g/mol. The molecule has 0 aliphatic carbocycles. The summed E-state index contributed by atoms with van der Waals surface area (Å²) in [5, 5.41) is 12.2. The van der Waals surface area contributed by atoms with E-state index in [0.29, 0.717) is 10.6 Å². The van der Waals surface area contributed by atoms with Crippen LogP contribution in [0.25, 0.3) is 0 Å². The monoisotopic (exact) mass is 325 g/mol. The summed E-state index contributed by atoms with van der Waals surface area (Å²) >= 11 is 6.53. The first-order valence-corrected chi connectivity index (χ1v) is 6.82. The van der Waals surface area contributed by atoms with Gasteiger partial charge in [0.15, 0.2) is 0 Å². The van der Waals surface area contributed by atoms with Gasteiger partial charge in [-0.1, -0.05) is 22.9 Å². The summed E-state index contributed by atoms with van der Waals surface area (Å²) in [5.41, 5.74) is 4.80. The Morgan fingerprint density at radius 2 is 1.67 bits per heavy atom. The van der Waals surface area contributed by atoms with Gasteiger partial charge in [-0.25, -0.2) is 0 Å². The number of nitrogens with zero attached hydrogens (tertiary/aromatic N) is 1. The van der Waals surface area contributed by atoms with Gasteiger partial charge in [0.25, 0.3) is 11.8 Å². The van der Waals surface area contributed by atoms with Crippen LogP contribution in [-0.4, -0.2) is 16.7 Å². The van der Waals surface area contributed by atoms with E-state index in [1.54, 1.807) is 12.1 Å². The van der Waals surface area contributed by atoms with E-state index in [0.717, 1.165) is 17.4 Å². The third-order valence-electron chi connectivity index (χ3n) is 2.42. The molecule has 108 valence electrons. The molecule has 21 heavy (non-hydrogen) atoms. The van der Waals surface area contributed by atoms with E-state index in [-0.39, 0.29) is 10.6 Å². The van der Waals surface area contributed by atoms with Crippen molar-refractivity contribution in [1.29, 1.82) is 0 Å². The number of amides is 2. The molecule has 1 aromatic carbocycles. The highest BCUT2D eigenvalue weighted by Crippen LogP contribution is 2.22. The molecule has 0 aliphatic rings. The lowest BCUT2D eigenvalue weighted by Crippen LogP contribution is -2.41. The zero-order valence-electron chi connectivity index (χ0n) is 10.3. The van der Waals surface area contributed by atoms with Crippen LogP contribution < -0.4 is 10.9 Å². The lowest BCUT2D eigenvalue weighted by atomic mass is 10.2. The molecule has 0 unspecified atom stereocenters. The second kappa shape index (κ2) is 6.33. The predicted molar refractivity (Wildman–Crippen MR) is 77.4 cm³/mol. The van der Waals surface area contributed by atoms with Crippen molar-refractivity contribution in [3.8, 4) is 0 Å². The summed E-state index contributed by atoms with van der Waals surface area (Å²) in [5.74, 6) is -1.16. The number of nitro groups is 1. The Bertz CT molecular complexity index is 699. The quantitative estimate of drug-likeness (QED) is 0.668. The first kappa shape index (κ1) is 14.9. The molecule has 2 rings (SSSR count). The van der Waals surface area contributed by atoms with Gasteiger partial charge in [-0.05, 0) is 24.3 Å². The molecule has 0 saturated carbocycles. The number of rotatable bonds is 3. The van der Waals surface area contributed by atoms with Crippen LogP contribution in [0.3, 0.4) is 0 Å². The maximum atomic E-state index is 11.7. The smallest absolute Gasteiger partial charge is 0.267 e. The van der Waals surface area contributed by atoms with Gasteiger partial charge in [0.2, 0.25) is 0 Å². The summed E-state index contributed by atoms with van der Waals surface area (Å²) in [4.78, 5) is 33.4. The van der Waals surface area contributed by atoms with E-state index in [4.69, 9.17) is 11.6 Å². The number of benzene rings is 1. The minimum atomic E-state index is -0.637. The molecule has 1 heterocycles. The topological polar surface area (TPSA) is 101 Å². The van der Waals surface area contributed by atoms with Crippen molar-refractivity contribution >= 4 is 39.8 Å². The lowest BCUT2D eigenvalue weighted by Gasteiger charge is -2.06. The summed E-state index contributed by atoms with van der Waals surface area (Å²) in [6.07, 6.45) is 0. The lowest BCUT2D eigenvalue weighted by molar-refractivity contribution is -0.380. The highest BCUT2D eigenvalue weighted by atomic mass is 35.5. The summed E-state index contributed by atoms with van der Waals surface area (Å²) in [6, 6.07) is 7.22. The van der Waals surface area contributed by atoms with Crippen LogP contribution in [0.5, 0.6) is 0 Å². The molecule has 0 fully saturated rings. The van der Waals surface area contributed by atoms with E-state index < -0.39 is 16.7 Å². The van der Waals surface area contributed by atoms with Crippen LogP contribution in [0.15, 0.2) is 35.7 Å². The standard InChI is InChI=1S/C12H8ClN3O4S/c13-9-3-1-7(2-4-9)11(17)14-15-12(18)8-5-10(16(19)20)21-6-8/h1-6H,(H,14,17)(H,15,18). The van der Waals surface area contributed by atoms with Crippen molar-refractivity contribution in [3.63, 3.8) is 0 Å². The molecule has 0 spiro atoms. The fraction of sp³-hybridized carbons (Fsp3) is 0. The zero-order valence-corrected chi connectivity index (χ0v) is 11.9. The Kier molecular flexibility index (Phi) is 4.51. The average Bonchev–Trinajstić information content (AvgIpc) is 2.95. The molecule has 1 aromatic heterocycles. The van der Waals surface area contributed by atoms with Gasteiger partial charge >= 0.3 is 5.00 Å². The van der Waals surface area contributed by atoms with Crippen LogP contribution in [0.4, 0.5) is 5.00 Å². The van der Waals surface area contributed by atoms with Crippen molar-refractivity contribution in [2.75, 3.05) is 0 Å². The summed E-state index contributed by atoms with van der Waals surface area (Å²) < 4.78 is 0. The number of hydrazine groups is 1. The minimum absolute atomic E-state index is 0.100. The largest absolute Gasteiger partial charge is 0.324 e. The van der Waals surface area contributed by atoms with Crippen molar-refractivity contribution in [2.45, 2.75) is 0 Å². The highest BCUT2D eigenvalue weighted by Gasteiger charge is 2.15. The maximum Gasteiger partial charge on any atom is 0.324 e. The fourth-order valence-electron chi connectivity index (χ4n) is 1.40. The van der Waals surface area contributed by atoms with Gasteiger partial charge in [-0.3, -0.25) is 30.6 Å². The molecule has 2 N–H and O–H groups in total. The van der Waals surface area contributed by atoms with Crippen molar-refractivity contribution in [1.82, 2.24) is 10.9 Å². The number of halogens is 1. The van der Waals surface area contributed by atoms with Crippen LogP contribution in [-0.2, 0) is 0 Å². The van der Waals surface area contributed by atoms with Gasteiger partial charge in [0.1, 0.15) is 0 Å². The van der Waals surface area contributed by atoms with Gasteiger partial charge in [-0.2, -0.15) is 0 Å². The third-order valence-corrected chi connectivity index (χ3v) is 3.56. The maximum absolute atomic E-state index is 11.7. The molecule has 0 saturated heterocycles. The molecule has 2 aromatic rings. The minimum Gasteiger partial charge on any atom is -0.267 e. The van der Waals surface area contributed by atoms with Crippen LogP contribution in [0, 0.1) is 10.1 Å². The summed E-state index contributed by atoms with van der Waals surface area (Å²) in [7, 11) is 0. The Labute approximate surface area is 127 Å². The number of hydrogen-bond acceptors (Lipinski definition) is 5.